The van der Waals surface area contributed by atoms with E-state index in [2.05, 4.69) is 71.1 Å². The van der Waals surface area contributed by atoms with E-state index in [0.717, 1.165) is 13.1 Å². The van der Waals surface area contributed by atoms with E-state index in [-0.39, 0.29) is 5.41 Å². The van der Waals surface area contributed by atoms with Crippen molar-refractivity contribution in [1.82, 2.24) is 5.32 Å². The largest absolute Gasteiger partial charge is 0.316 e. The van der Waals surface area contributed by atoms with Crippen molar-refractivity contribution in [2.75, 3.05) is 13.1 Å². The van der Waals surface area contributed by atoms with Crippen LogP contribution in [0, 0.1) is 5.92 Å². The molecule has 0 bridgehead atoms. The lowest BCUT2D eigenvalue weighted by Gasteiger charge is -2.24. The molecule has 1 unspecified atom stereocenters. The van der Waals surface area contributed by atoms with Crippen molar-refractivity contribution < 1.29 is 0 Å². The predicted molar refractivity (Wildman–Crippen MR) is 85.9 cm³/mol. The highest BCUT2D eigenvalue weighted by Gasteiger charge is 2.17. The lowest BCUT2D eigenvalue weighted by molar-refractivity contribution is 0.461. The van der Waals surface area contributed by atoms with E-state index in [1.807, 2.05) is 0 Å². The van der Waals surface area contributed by atoms with Crippen LogP contribution in [0.1, 0.15) is 65.0 Å². The zero-order chi connectivity index (χ0) is 14.5. The molecule has 1 atom stereocenters. The van der Waals surface area contributed by atoms with Gasteiger partial charge in [0.05, 0.1) is 0 Å². The van der Waals surface area contributed by atoms with Crippen LogP contribution in [0.4, 0.5) is 0 Å². The molecule has 0 radical (unpaired) electrons. The molecule has 1 heteroatoms. The summed E-state index contributed by atoms with van der Waals surface area (Å²) in [6.45, 7) is 15.9. The van der Waals surface area contributed by atoms with Crippen LogP contribution in [0.15, 0.2) is 24.3 Å². The fourth-order valence-electron chi connectivity index (χ4n) is 2.40. The summed E-state index contributed by atoms with van der Waals surface area (Å²) >= 11 is 0. The molecule has 19 heavy (non-hydrogen) atoms. The molecule has 1 nitrogen and oxygen atoms in total. The van der Waals surface area contributed by atoms with Gasteiger partial charge in [0.2, 0.25) is 0 Å². The molecule has 1 aromatic carbocycles. The predicted octanol–water partition coefficient (Wildman–Crippen LogP) is 4.72. The summed E-state index contributed by atoms with van der Waals surface area (Å²) in [6.07, 6.45) is 1.20. The third kappa shape index (κ3) is 4.99. The summed E-state index contributed by atoms with van der Waals surface area (Å²) < 4.78 is 0. The Hall–Kier alpha value is -0.820. The second kappa shape index (κ2) is 7.09. The molecule has 0 saturated carbocycles. The first-order valence-electron chi connectivity index (χ1n) is 7.67. The average molecular weight is 261 g/mol. The van der Waals surface area contributed by atoms with Crippen LogP contribution in [0.5, 0.6) is 0 Å². The number of hydrogen-bond donors (Lipinski definition) is 1. The Labute approximate surface area is 119 Å². The Morgan fingerprint density at radius 3 is 2.05 bits per heavy atom. The summed E-state index contributed by atoms with van der Waals surface area (Å²) in [5, 5.41) is 3.56. The van der Waals surface area contributed by atoms with Gasteiger partial charge in [0.15, 0.2) is 0 Å². The van der Waals surface area contributed by atoms with Crippen LogP contribution in [-0.4, -0.2) is 13.1 Å². The van der Waals surface area contributed by atoms with Gasteiger partial charge in [-0.25, -0.2) is 0 Å². The van der Waals surface area contributed by atoms with E-state index in [1.165, 1.54) is 17.5 Å². The van der Waals surface area contributed by atoms with Crippen LogP contribution >= 0.6 is 0 Å². The molecule has 0 aromatic heterocycles. The molecule has 0 aliphatic rings. The number of hydrogen-bond acceptors (Lipinski definition) is 1. The zero-order valence-corrected chi connectivity index (χ0v) is 13.6. The van der Waals surface area contributed by atoms with Gasteiger partial charge in [-0.3, -0.25) is 0 Å². The van der Waals surface area contributed by atoms with Gasteiger partial charge in [-0.1, -0.05) is 65.8 Å². The molecule has 0 saturated heterocycles. The summed E-state index contributed by atoms with van der Waals surface area (Å²) in [6, 6.07) is 9.23. The smallest absolute Gasteiger partial charge is 0.00226 e. The highest BCUT2D eigenvalue weighted by atomic mass is 14.9. The van der Waals surface area contributed by atoms with E-state index in [0.29, 0.717) is 11.8 Å². The molecule has 0 heterocycles. The quantitative estimate of drug-likeness (QED) is 0.730. The van der Waals surface area contributed by atoms with Crippen molar-refractivity contribution in [2.24, 2.45) is 5.92 Å². The monoisotopic (exact) mass is 261 g/mol. The standard InChI is InChI=1S/C18H31N/c1-7-12-19-13-17(14(2)3)15-8-10-16(11-9-15)18(4,5)6/h8-11,14,17,19H,7,12-13H2,1-6H3. The normalized spacial score (nSPS) is 13.8. The molecule has 0 fully saturated rings. The number of benzene rings is 1. The maximum Gasteiger partial charge on any atom is 0.00226 e. The summed E-state index contributed by atoms with van der Waals surface area (Å²) in [5.74, 6) is 1.28. The SMILES string of the molecule is CCCNCC(c1ccc(C(C)(C)C)cc1)C(C)C. The Morgan fingerprint density at radius 1 is 1.05 bits per heavy atom. The van der Waals surface area contributed by atoms with Gasteiger partial charge >= 0.3 is 0 Å². The maximum atomic E-state index is 3.56. The van der Waals surface area contributed by atoms with E-state index < -0.39 is 0 Å². The fraction of sp³-hybridized carbons (Fsp3) is 0.667. The van der Waals surface area contributed by atoms with E-state index in [1.54, 1.807) is 0 Å². The Balaban J connectivity index is 2.80. The van der Waals surface area contributed by atoms with Crippen molar-refractivity contribution in [2.45, 2.75) is 59.3 Å². The molecular weight excluding hydrogens is 230 g/mol. The van der Waals surface area contributed by atoms with Gasteiger partial charge in [-0.2, -0.15) is 0 Å². The van der Waals surface area contributed by atoms with Crippen molar-refractivity contribution in [3.63, 3.8) is 0 Å². The fourth-order valence-corrected chi connectivity index (χ4v) is 2.40. The van der Waals surface area contributed by atoms with Crippen LogP contribution in [-0.2, 0) is 5.41 Å². The van der Waals surface area contributed by atoms with Gasteiger partial charge in [0.1, 0.15) is 0 Å². The topological polar surface area (TPSA) is 12.0 Å². The van der Waals surface area contributed by atoms with E-state index in [9.17, 15) is 0 Å². The molecule has 108 valence electrons. The van der Waals surface area contributed by atoms with Crippen molar-refractivity contribution in [3.8, 4) is 0 Å². The van der Waals surface area contributed by atoms with Crippen molar-refractivity contribution >= 4 is 0 Å². The molecule has 1 rings (SSSR count). The Bertz CT molecular complexity index is 356. The van der Waals surface area contributed by atoms with Crippen LogP contribution in [0.3, 0.4) is 0 Å². The second-order valence-corrected chi connectivity index (χ2v) is 6.93. The Kier molecular flexibility index (Phi) is 6.06. The third-order valence-corrected chi connectivity index (χ3v) is 3.80. The molecule has 0 spiro atoms. The first-order chi connectivity index (χ1) is 8.86. The van der Waals surface area contributed by atoms with Gasteiger partial charge in [0.25, 0.3) is 0 Å². The molecule has 1 N–H and O–H groups in total. The van der Waals surface area contributed by atoms with Crippen LogP contribution in [0.25, 0.3) is 0 Å². The highest BCUT2D eigenvalue weighted by molar-refractivity contribution is 5.30. The van der Waals surface area contributed by atoms with Crippen LogP contribution < -0.4 is 5.32 Å². The van der Waals surface area contributed by atoms with Gasteiger partial charge in [-0.05, 0) is 41.3 Å². The number of nitrogens with one attached hydrogen (secondary N) is 1. The molecule has 1 aromatic rings. The first-order valence-corrected chi connectivity index (χ1v) is 7.67. The highest BCUT2D eigenvalue weighted by Crippen LogP contribution is 2.27. The lowest BCUT2D eigenvalue weighted by atomic mass is 9.83. The van der Waals surface area contributed by atoms with Gasteiger partial charge in [-0.15, -0.1) is 0 Å². The molecule has 0 aliphatic heterocycles. The summed E-state index contributed by atoms with van der Waals surface area (Å²) in [5.41, 5.74) is 3.12. The minimum atomic E-state index is 0.242. The zero-order valence-electron chi connectivity index (χ0n) is 13.6. The lowest BCUT2D eigenvalue weighted by Crippen LogP contribution is -2.25. The average Bonchev–Trinajstić information content (AvgIpc) is 2.33. The summed E-state index contributed by atoms with van der Waals surface area (Å²) in [7, 11) is 0. The van der Waals surface area contributed by atoms with Crippen molar-refractivity contribution in [3.05, 3.63) is 35.4 Å². The van der Waals surface area contributed by atoms with Gasteiger partial charge in [0, 0.05) is 6.54 Å². The molecular formula is C18H31N. The molecule has 0 amide bonds. The minimum Gasteiger partial charge on any atom is -0.316 e. The first kappa shape index (κ1) is 16.2. The second-order valence-electron chi connectivity index (χ2n) is 6.93. The van der Waals surface area contributed by atoms with Crippen LogP contribution in [0.2, 0.25) is 0 Å². The van der Waals surface area contributed by atoms with E-state index in [4.69, 9.17) is 0 Å². The Morgan fingerprint density at radius 2 is 1.63 bits per heavy atom. The number of rotatable bonds is 6. The third-order valence-electron chi connectivity index (χ3n) is 3.80. The minimum absolute atomic E-state index is 0.242. The maximum absolute atomic E-state index is 3.56. The molecule has 0 aliphatic carbocycles. The van der Waals surface area contributed by atoms with Crippen molar-refractivity contribution in [1.29, 1.82) is 0 Å². The van der Waals surface area contributed by atoms with E-state index >= 15 is 0 Å². The van der Waals surface area contributed by atoms with Gasteiger partial charge < -0.3 is 5.32 Å². The summed E-state index contributed by atoms with van der Waals surface area (Å²) in [4.78, 5) is 0.